The van der Waals surface area contributed by atoms with Crippen LogP contribution in [0.25, 0.3) is 0 Å². The minimum atomic E-state index is -3.66. The Morgan fingerprint density at radius 3 is 2.76 bits per heavy atom. The number of hydrogen-bond acceptors (Lipinski definition) is 4. The van der Waals surface area contributed by atoms with E-state index in [2.05, 4.69) is 10.3 Å². The van der Waals surface area contributed by atoms with Gasteiger partial charge in [0, 0.05) is 19.3 Å². The zero-order valence-electron chi connectivity index (χ0n) is 8.76. The molecule has 1 aliphatic heterocycles. The molecule has 0 spiro atoms. The van der Waals surface area contributed by atoms with Crippen LogP contribution in [-0.2, 0) is 14.8 Å². The van der Waals surface area contributed by atoms with Crippen molar-refractivity contribution < 1.29 is 13.2 Å². The second-order valence-corrected chi connectivity index (χ2v) is 5.83. The second-order valence-electron chi connectivity index (χ2n) is 3.51. The Bertz CT molecular complexity index is 529. The highest BCUT2D eigenvalue weighted by Crippen LogP contribution is 2.16. The van der Waals surface area contributed by atoms with Gasteiger partial charge in [-0.3, -0.25) is 4.79 Å². The van der Waals surface area contributed by atoms with Crippen LogP contribution in [0.2, 0.25) is 5.15 Å². The molecule has 2 heterocycles. The smallest absolute Gasteiger partial charge is 0.245 e. The van der Waals surface area contributed by atoms with Crippen LogP contribution in [0.4, 0.5) is 0 Å². The molecule has 0 radical (unpaired) electrons. The highest BCUT2D eigenvalue weighted by atomic mass is 35.5. The van der Waals surface area contributed by atoms with Crippen molar-refractivity contribution in [3.05, 3.63) is 23.5 Å². The van der Waals surface area contributed by atoms with Crippen molar-refractivity contribution in [1.82, 2.24) is 14.6 Å². The maximum Gasteiger partial charge on any atom is 0.245 e. The Labute approximate surface area is 104 Å². The number of nitrogens with one attached hydrogen (secondary N) is 1. The molecule has 0 atom stereocenters. The quantitative estimate of drug-likeness (QED) is 0.762. The zero-order valence-corrected chi connectivity index (χ0v) is 10.3. The number of pyridine rings is 1. The molecule has 17 heavy (non-hydrogen) atoms. The third kappa shape index (κ3) is 2.56. The number of halogens is 1. The zero-order chi connectivity index (χ0) is 12.5. The van der Waals surface area contributed by atoms with Gasteiger partial charge in [-0.1, -0.05) is 11.6 Å². The number of hydrogen-bond donors (Lipinski definition) is 1. The molecule has 0 bridgehead atoms. The van der Waals surface area contributed by atoms with Crippen LogP contribution in [0.1, 0.15) is 0 Å². The number of piperazine rings is 1. The molecule has 8 heteroatoms. The average Bonchev–Trinajstić information content (AvgIpc) is 2.29. The highest BCUT2D eigenvalue weighted by molar-refractivity contribution is 7.89. The molecule has 1 aliphatic rings. The van der Waals surface area contributed by atoms with Gasteiger partial charge >= 0.3 is 0 Å². The van der Waals surface area contributed by atoms with E-state index >= 15 is 0 Å². The van der Waals surface area contributed by atoms with E-state index in [4.69, 9.17) is 11.6 Å². The predicted octanol–water partition coefficient (Wildman–Crippen LogP) is -0.145. The van der Waals surface area contributed by atoms with Crippen LogP contribution in [-0.4, -0.2) is 43.2 Å². The number of aromatic nitrogens is 1. The number of rotatable bonds is 2. The molecule has 1 saturated heterocycles. The monoisotopic (exact) mass is 275 g/mol. The molecule has 2 rings (SSSR count). The van der Waals surface area contributed by atoms with Crippen LogP contribution >= 0.6 is 11.6 Å². The van der Waals surface area contributed by atoms with Crippen LogP contribution in [0.15, 0.2) is 23.2 Å². The summed E-state index contributed by atoms with van der Waals surface area (Å²) < 4.78 is 25.3. The van der Waals surface area contributed by atoms with Gasteiger partial charge in [-0.25, -0.2) is 13.4 Å². The summed E-state index contributed by atoms with van der Waals surface area (Å²) in [6.45, 7) is 0.417. The summed E-state index contributed by atoms with van der Waals surface area (Å²) in [5.41, 5.74) is 0. The second kappa shape index (κ2) is 4.59. The van der Waals surface area contributed by atoms with Crippen LogP contribution in [0, 0.1) is 0 Å². The lowest BCUT2D eigenvalue weighted by Gasteiger charge is -2.25. The lowest BCUT2D eigenvalue weighted by atomic mass is 10.4. The van der Waals surface area contributed by atoms with Gasteiger partial charge in [0.05, 0.1) is 6.54 Å². The number of amides is 1. The van der Waals surface area contributed by atoms with E-state index in [1.54, 1.807) is 0 Å². The summed E-state index contributed by atoms with van der Waals surface area (Å²) in [6, 6.07) is 2.77. The average molecular weight is 276 g/mol. The topological polar surface area (TPSA) is 79.4 Å². The highest BCUT2D eigenvalue weighted by Gasteiger charge is 2.29. The van der Waals surface area contributed by atoms with E-state index in [-0.39, 0.29) is 29.0 Å². The lowest BCUT2D eigenvalue weighted by molar-refractivity contribution is -0.122. The number of nitrogens with zero attached hydrogens (tertiary/aromatic N) is 2. The summed E-state index contributed by atoms with van der Waals surface area (Å²) in [5.74, 6) is -0.304. The predicted molar refractivity (Wildman–Crippen MR) is 61.0 cm³/mol. The summed E-state index contributed by atoms with van der Waals surface area (Å²) >= 11 is 5.59. The molecule has 92 valence electrons. The van der Waals surface area contributed by atoms with Crippen LogP contribution in [0.5, 0.6) is 0 Å². The maximum absolute atomic E-state index is 12.1. The molecule has 1 amide bonds. The van der Waals surface area contributed by atoms with Crippen LogP contribution in [0.3, 0.4) is 0 Å². The summed E-state index contributed by atoms with van der Waals surface area (Å²) in [4.78, 5) is 14.9. The molecule has 1 N–H and O–H groups in total. The van der Waals surface area contributed by atoms with Crippen molar-refractivity contribution in [1.29, 1.82) is 0 Å². The van der Waals surface area contributed by atoms with Gasteiger partial charge in [0.25, 0.3) is 0 Å². The fourth-order valence-electron chi connectivity index (χ4n) is 1.48. The molecule has 6 nitrogen and oxygen atoms in total. The third-order valence-electron chi connectivity index (χ3n) is 2.34. The molecule has 0 saturated carbocycles. The van der Waals surface area contributed by atoms with Gasteiger partial charge in [-0.2, -0.15) is 4.31 Å². The van der Waals surface area contributed by atoms with Crippen molar-refractivity contribution in [2.24, 2.45) is 0 Å². The van der Waals surface area contributed by atoms with Crippen molar-refractivity contribution in [2.75, 3.05) is 19.6 Å². The van der Waals surface area contributed by atoms with Crippen LogP contribution < -0.4 is 5.32 Å². The van der Waals surface area contributed by atoms with E-state index < -0.39 is 10.0 Å². The number of carbonyl (C=O) groups excluding carboxylic acids is 1. The Morgan fingerprint density at radius 1 is 1.41 bits per heavy atom. The standard InChI is InChI=1S/C9H10ClN3O3S/c10-8-2-1-7(5-12-8)17(15,16)13-4-3-11-9(14)6-13/h1-2,5H,3-4,6H2,(H,11,14). The van der Waals surface area contributed by atoms with E-state index in [9.17, 15) is 13.2 Å². The Hall–Kier alpha value is -1.18. The van der Waals surface area contributed by atoms with E-state index in [1.807, 2.05) is 0 Å². The van der Waals surface area contributed by atoms with E-state index in [1.165, 1.54) is 18.3 Å². The molecule has 0 aromatic carbocycles. The minimum absolute atomic E-state index is 0.0385. The summed E-state index contributed by atoms with van der Waals surface area (Å²) in [5, 5.41) is 2.79. The fourth-order valence-corrected chi connectivity index (χ4v) is 2.94. The largest absolute Gasteiger partial charge is 0.354 e. The molecular formula is C9H10ClN3O3S. The molecule has 0 aliphatic carbocycles. The Balaban J connectivity index is 2.29. The Morgan fingerprint density at radius 2 is 2.18 bits per heavy atom. The maximum atomic E-state index is 12.1. The van der Waals surface area contributed by atoms with Gasteiger partial charge < -0.3 is 5.32 Å². The van der Waals surface area contributed by atoms with E-state index in [0.717, 1.165) is 4.31 Å². The van der Waals surface area contributed by atoms with Gasteiger partial charge in [0.1, 0.15) is 10.0 Å². The first-order valence-electron chi connectivity index (χ1n) is 4.88. The molecule has 1 aromatic rings. The summed E-state index contributed by atoms with van der Waals surface area (Å²) in [6.07, 6.45) is 1.18. The summed E-state index contributed by atoms with van der Waals surface area (Å²) in [7, 11) is -3.66. The minimum Gasteiger partial charge on any atom is -0.354 e. The van der Waals surface area contributed by atoms with Crippen molar-refractivity contribution in [2.45, 2.75) is 4.90 Å². The Kier molecular flexibility index (Phi) is 3.32. The number of carbonyl (C=O) groups is 1. The van der Waals surface area contributed by atoms with Gasteiger partial charge in [0.2, 0.25) is 15.9 Å². The SMILES string of the molecule is O=C1CN(S(=O)(=O)c2ccc(Cl)nc2)CCN1. The molecule has 0 unspecified atom stereocenters. The first-order valence-corrected chi connectivity index (χ1v) is 6.70. The first-order chi connectivity index (χ1) is 8.00. The van der Waals surface area contributed by atoms with Crippen molar-refractivity contribution in [3.63, 3.8) is 0 Å². The normalized spacial score (nSPS) is 17.8. The molecular weight excluding hydrogens is 266 g/mol. The van der Waals surface area contributed by atoms with Crippen molar-refractivity contribution >= 4 is 27.5 Å². The number of sulfonamides is 1. The molecule has 1 aromatic heterocycles. The third-order valence-corrected chi connectivity index (χ3v) is 4.39. The fraction of sp³-hybridized carbons (Fsp3) is 0.333. The lowest BCUT2D eigenvalue weighted by Crippen LogP contribution is -2.49. The van der Waals surface area contributed by atoms with Gasteiger partial charge in [-0.05, 0) is 12.1 Å². The van der Waals surface area contributed by atoms with Crippen molar-refractivity contribution in [3.8, 4) is 0 Å². The van der Waals surface area contributed by atoms with Gasteiger partial charge in [0.15, 0.2) is 0 Å². The van der Waals surface area contributed by atoms with Gasteiger partial charge in [-0.15, -0.1) is 0 Å². The first kappa shape index (κ1) is 12.3. The van der Waals surface area contributed by atoms with E-state index in [0.29, 0.717) is 6.54 Å². The molecule has 1 fully saturated rings.